The van der Waals surface area contributed by atoms with Gasteiger partial charge in [0.05, 0.1) is 11.7 Å². The maximum Gasteiger partial charge on any atom is 0.329 e. The zero-order valence-electron chi connectivity index (χ0n) is 14.5. The van der Waals surface area contributed by atoms with E-state index in [-0.39, 0.29) is 12.2 Å². The van der Waals surface area contributed by atoms with E-state index in [9.17, 15) is 9.59 Å². The van der Waals surface area contributed by atoms with Gasteiger partial charge >= 0.3 is 5.97 Å². The van der Waals surface area contributed by atoms with Crippen LogP contribution >= 0.6 is 11.3 Å². The lowest BCUT2D eigenvalue weighted by atomic mass is 10.2. The normalized spacial score (nSPS) is 12.3. The molecule has 2 heterocycles. The molecule has 0 amide bonds. The molecule has 0 unspecified atom stereocenters. The second-order valence-corrected chi connectivity index (χ2v) is 7.14. The van der Waals surface area contributed by atoms with Gasteiger partial charge in [0.25, 0.3) is 5.56 Å². The molecule has 0 bridgehead atoms. The topological polar surface area (TPSA) is 61.2 Å². The van der Waals surface area contributed by atoms with Crippen LogP contribution in [0.4, 0.5) is 0 Å². The number of aryl methyl sites for hydroxylation is 2. The first-order valence-electron chi connectivity index (χ1n) is 8.20. The van der Waals surface area contributed by atoms with Crippen molar-refractivity contribution in [2.75, 3.05) is 0 Å². The molecule has 0 saturated heterocycles. The molecular formula is C19H20N2O3S. The SMILES string of the molecule is CC[C@@H](C(=O)OCc1ccccc1)n1cnc2sc(C)c(C)c2c1=O. The second-order valence-electron chi connectivity index (χ2n) is 5.94. The Hall–Kier alpha value is -2.47. The van der Waals surface area contributed by atoms with Gasteiger partial charge in [0.1, 0.15) is 17.5 Å². The van der Waals surface area contributed by atoms with E-state index >= 15 is 0 Å². The largest absolute Gasteiger partial charge is 0.459 e. The number of rotatable bonds is 5. The molecule has 0 fully saturated rings. The molecule has 3 aromatic rings. The molecule has 1 aromatic carbocycles. The molecule has 0 aliphatic heterocycles. The van der Waals surface area contributed by atoms with Gasteiger partial charge in [0, 0.05) is 4.88 Å². The average molecular weight is 356 g/mol. The second kappa shape index (κ2) is 7.19. The van der Waals surface area contributed by atoms with Crippen LogP contribution in [0.2, 0.25) is 0 Å². The van der Waals surface area contributed by atoms with Crippen molar-refractivity contribution in [3.63, 3.8) is 0 Å². The van der Waals surface area contributed by atoms with Gasteiger partial charge in [-0.3, -0.25) is 9.36 Å². The van der Waals surface area contributed by atoms with Crippen LogP contribution in [-0.4, -0.2) is 15.5 Å². The van der Waals surface area contributed by atoms with Crippen LogP contribution in [-0.2, 0) is 16.1 Å². The monoisotopic (exact) mass is 356 g/mol. The van der Waals surface area contributed by atoms with Crippen LogP contribution in [0, 0.1) is 13.8 Å². The van der Waals surface area contributed by atoms with Crippen LogP contribution in [0.1, 0.15) is 35.4 Å². The molecule has 2 aromatic heterocycles. The van der Waals surface area contributed by atoms with E-state index < -0.39 is 12.0 Å². The number of aromatic nitrogens is 2. The van der Waals surface area contributed by atoms with Crippen LogP contribution in [0.15, 0.2) is 41.5 Å². The molecule has 0 aliphatic carbocycles. The number of thiophene rings is 1. The van der Waals surface area contributed by atoms with Gasteiger partial charge in [-0.2, -0.15) is 0 Å². The Kier molecular flexibility index (Phi) is 4.99. The molecular weight excluding hydrogens is 336 g/mol. The van der Waals surface area contributed by atoms with Crippen LogP contribution < -0.4 is 5.56 Å². The van der Waals surface area contributed by atoms with E-state index in [1.165, 1.54) is 22.2 Å². The van der Waals surface area contributed by atoms with Gasteiger partial charge in [-0.1, -0.05) is 37.3 Å². The predicted octanol–water partition coefficient (Wildman–Crippen LogP) is 3.77. The lowest BCUT2D eigenvalue weighted by Gasteiger charge is -2.17. The summed E-state index contributed by atoms with van der Waals surface area (Å²) in [5.41, 5.74) is 1.66. The summed E-state index contributed by atoms with van der Waals surface area (Å²) in [6.45, 7) is 5.93. The van der Waals surface area contributed by atoms with E-state index in [1.807, 2.05) is 51.1 Å². The number of carbonyl (C=O) groups is 1. The fraction of sp³-hybridized carbons (Fsp3) is 0.316. The van der Waals surface area contributed by atoms with Gasteiger partial charge in [-0.05, 0) is 31.4 Å². The highest BCUT2D eigenvalue weighted by Crippen LogP contribution is 2.26. The molecule has 5 nitrogen and oxygen atoms in total. The third-order valence-electron chi connectivity index (χ3n) is 4.33. The first-order valence-corrected chi connectivity index (χ1v) is 9.02. The molecule has 3 rings (SSSR count). The quantitative estimate of drug-likeness (QED) is 0.653. The van der Waals surface area contributed by atoms with Crippen molar-refractivity contribution in [2.45, 2.75) is 39.8 Å². The standard InChI is InChI=1S/C19H20N2O3S/c1-4-15(19(23)24-10-14-8-6-5-7-9-14)21-11-20-17-16(18(21)22)12(2)13(3)25-17/h5-9,11,15H,4,10H2,1-3H3/t15-/m0/s1. The van der Waals surface area contributed by atoms with Gasteiger partial charge < -0.3 is 4.74 Å². The lowest BCUT2D eigenvalue weighted by molar-refractivity contribution is -0.149. The highest BCUT2D eigenvalue weighted by molar-refractivity contribution is 7.18. The van der Waals surface area contributed by atoms with Gasteiger partial charge in [-0.25, -0.2) is 9.78 Å². The number of carbonyl (C=O) groups excluding carboxylic acids is 1. The molecule has 0 saturated carbocycles. The summed E-state index contributed by atoms with van der Waals surface area (Å²) in [6.07, 6.45) is 1.92. The zero-order valence-corrected chi connectivity index (χ0v) is 15.3. The predicted molar refractivity (Wildman–Crippen MR) is 98.9 cm³/mol. The Balaban J connectivity index is 1.89. The van der Waals surface area contributed by atoms with E-state index in [4.69, 9.17) is 4.74 Å². The number of esters is 1. The van der Waals surface area contributed by atoms with Crippen LogP contribution in [0.5, 0.6) is 0 Å². The fourth-order valence-electron chi connectivity index (χ4n) is 2.77. The van der Waals surface area contributed by atoms with Crippen molar-refractivity contribution >= 4 is 27.5 Å². The first kappa shape index (κ1) is 17.4. The minimum absolute atomic E-state index is 0.185. The summed E-state index contributed by atoms with van der Waals surface area (Å²) in [5.74, 6) is -0.417. The molecule has 0 N–H and O–H groups in total. The van der Waals surface area contributed by atoms with E-state index in [1.54, 1.807) is 0 Å². The summed E-state index contributed by atoms with van der Waals surface area (Å²) in [6, 6.07) is 8.81. The third kappa shape index (κ3) is 3.35. The Labute approximate surface area is 149 Å². The fourth-order valence-corrected chi connectivity index (χ4v) is 3.76. The Morgan fingerprint density at radius 1 is 1.28 bits per heavy atom. The summed E-state index contributed by atoms with van der Waals surface area (Å²) in [4.78, 5) is 31.5. The van der Waals surface area contributed by atoms with E-state index in [0.29, 0.717) is 16.6 Å². The van der Waals surface area contributed by atoms with Crippen molar-refractivity contribution in [2.24, 2.45) is 0 Å². The molecule has 130 valence electrons. The molecule has 0 radical (unpaired) electrons. The summed E-state index contributed by atoms with van der Waals surface area (Å²) in [7, 11) is 0. The zero-order chi connectivity index (χ0) is 18.0. The number of ether oxygens (including phenoxy) is 1. The maximum absolute atomic E-state index is 12.9. The van der Waals surface area contributed by atoms with E-state index in [2.05, 4.69) is 4.98 Å². The highest BCUT2D eigenvalue weighted by Gasteiger charge is 2.23. The van der Waals surface area contributed by atoms with Crippen LogP contribution in [0.3, 0.4) is 0 Å². The number of fused-ring (bicyclic) bond motifs is 1. The van der Waals surface area contributed by atoms with Crippen molar-refractivity contribution < 1.29 is 9.53 Å². The summed E-state index contributed by atoms with van der Waals surface area (Å²) >= 11 is 1.50. The van der Waals surface area contributed by atoms with Gasteiger partial charge in [-0.15, -0.1) is 11.3 Å². The van der Waals surface area contributed by atoms with Gasteiger partial charge in [0.15, 0.2) is 0 Å². The number of benzene rings is 1. The third-order valence-corrected chi connectivity index (χ3v) is 5.45. The summed E-state index contributed by atoms with van der Waals surface area (Å²) in [5, 5.41) is 0.597. The van der Waals surface area contributed by atoms with Gasteiger partial charge in [0.2, 0.25) is 0 Å². The van der Waals surface area contributed by atoms with Crippen LogP contribution in [0.25, 0.3) is 10.2 Å². The molecule has 0 aliphatic rings. The number of nitrogens with zero attached hydrogens (tertiary/aromatic N) is 2. The maximum atomic E-state index is 12.9. The van der Waals surface area contributed by atoms with Crippen molar-refractivity contribution in [3.05, 3.63) is 63.0 Å². The van der Waals surface area contributed by atoms with E-state index in [0.717, 1.165) is 16.0 Å². The molecule has 1 atom stereocenters. The van der Waals surface area contributed by atoms with Crippen molar-refractivity contribution in [1.29, 1.82) is 0 Å². The Morgan fingerprint density at radius 3 is 2.68 bits per heavy atom. The highest BCUT2D eigenvalue weighted by atomic mass is 32.1. The molecule has 0 spiro atoms. The lowest BCUT2D eigenvalue weighted by Crippen LogP contribution is -2.31. The smallest absolute Gasteiger partial charge is 0.329 e. The first-order chi connectivity index (χ1) is 12.0. The summed E-state index contributed by atoms with van der Waals surface area (Å²) < 4.78 is 6.81. The minimum atomic E-state index is -0.673. The Bertz CT molecular complexity index is 960. The minimum Gasteiger partial charge on any atom is -0.459 e. The molecule has 25 heavy (non-hydrogen) atoms. The molecule has 6 heteroatoms. The van der Waals surface area contributed by atoms with Crippen molar-refractivity contribution in [1.82, 2.24) is 9.55 Å². The average Bonchev–Trinajstić information content (AvgIpc) is 2.91. The van der Waals surface area contributed by atoms with Crippen molar-refractivity contribution in [3.8, 4) is 0 Å². The number of hydrogen-bond donors (Lipinski definition) is 0. The number of hydrogen-bond acceptors (Lipinski definition) is 5. The Morgan fingerprint density at radius 2 is 2.00 bits per heavy atom.